The van der Waals surface area contributed by atoms with E-state index in [0.717, 1.165) is 0 Å². The number of benzene rings is 1. The van der Waals surface area contributed by atoms with Gasteiger partial charge < -0.3 is 19.5 Å². The summed E-state index contributed by atoms with van der Waals surface area (Å²) in [5.41, 5.74) is 0.270. The predicted octanol–water partition coefficient (Wildman–Crippen LogP) is 0.873. The lowest BCUT2D eigenvalue weighted by Gasteiger charge is -2.27. The molecule has 0 radical (unpaired) electrons. The number of hydrogen-bond donors (Lipinski definition) is 1. The minimum absolute atomic E-state index is 0.105. The maximum atomic E-state index is 12.1. The Labute approximate surface area is 99.6 Å². The number of ether oxygens (including phenoxy) is 2. The number of rotatable bonds is 2. The number of methoxy groups -OCH3 is 1. The monoisotopic (exact) mass is 237 g/mol. The Balaban J connectivity index is 2.23. The minimum atomic E-state index is -0.190. The standard InChI is InChI=1S/C12H15NO4/c1-16-10-4-2-3-9(11(10)14)12(15)13-5-7-17-8-6-13/h2-4,14H,5-8H2,1H3. The summed E-state index contributed by atoms with van der Waals surface area (Å²) in [7, 11) is 1.46. The SMILES string of the molecule is COc1cccc(C(=O)N2CCOCC2)c1O. The van der Waals surface area contributed by atoms with Crippen molar-refractivity contribution >= 4 is 5.91 Å². The van der Waals surface area contributed by atoms with E-state index in [0.29, 0.717) is 32.1 Å². The molecule has 5 heteroatoms. The predicted molar refractivity (Wildman–Crippen MR) is 61.4 cm³/mol. The zero-order valence-corrected chi connectivity index (χ0v) is 9.68. The van der Waals surface area contributed by atoms with Crippen LogP contribution in [0.1, 0.15) is 10.4 Å². The molecule has 5 nitrogen and oxygen atoms in total. The molecule has 0 unspecified atom stereocenters. The summed E-state index contributed by atoms with van der Waals surface area (Å²) in [6, 6.07) is 4.90. The van der Waals surface area contributed by atoms with Gasteiger partial charge in [-0.1, -0.05) is 6.07 Å². The summed E-state index contributed by atoms with van der Waals surface area (Å²) >= 11 is 0. The van der Waals surface area contributed by atoms with E-state index in [1.165, 1.54) is 7.11 Å². The average molecular weight is 237 g/mol. The second kappa shape index (κ2) is 5.05. The van der Waals surface area contributed by atoms with Crippen LogP contribution in [-0.4, -0.2) is 49.3 Å². The van der Waals surface area contributed by atoms with Crippen LogP contribution in [0.2, 0.25) is 0 Å². The molecule has 0 aliphatic carbocycles. The highest BCUT2D eigenvalue weighted by Gasteiger charge is 2.22. The lowest BCUT2D eigenvalue weighted by molar-refractivity contribution is 0.0300. The molecule has 0 atom stereocenters. The molecule has 1 aromatic rings. The number of carbonyl (C=O) groups excluding carboxylic acids is 1. The third-order valence-corrected chi connectivity index (χ3v) is 2.75. The van der Waals surface area contributed by atoms with E-state index in [2.05, 4.69) is 0 Å². The highest BCUT2D eigenvalue weighted by atomic mass is 16.5. The molecule has 0 bridgehead atoms. The number of aromatic hydroxyl groups is 1. The summed E-state index contributed by atoms with van der Waals surface area (Å²) < 4.78 is 10.2. The van der Waals surface area contributed by atoms with Gasteiger partial charge in [0.05, 0.1) is 25.9 Å². The van der Waals surface area contributed by atoms with Crippen LogP contribution in [0.25, 0.3) is 0 Å². The van der Waals surface area contributed by atoms with Crippen molar-refractivity contribution in [1.82, 2.24) is 4.90 Å². The summed E-state index contributed by atoms with van der Waals surface area (Å²) in [6.45, 7) is 2.18. The fraction of sp³-hybridized carbons (Fsp3) is 0.417. The molecule has 0 saturated carbocycles. The Hall–Kier alpha value is -1.75. The first kappa shape index (κ1) is 11.7. The number of phenolic OH excluding ortho intramolecular Hbond substituents is 1. The van der Waals surface area contributed by atoms with Crippen LogP contribution in [0.3, 0.4) is 0 Å². The number of hydrogen-bond acceptors (Lipinski definition) is 4. The number of phenols is 1. The summed E-state index contributed by atoms with van der Waals surface area (Å²) in [4.78, 5) is 13.8. The van der Waals surface area contributed by atoms with Gasteiger partial charge in [-0.3, -0.25) is 4.79 Å². The summed E-state index contributed by atoms with van der Waals surface area (Å²) in [6.07, 6.45) is 0. The molecule has 0 aromatic heterocycles. The summed E-state index contributed by atoms with van der Waals surface area (Å²) in [5, 5.41) is 9.89. The minimum Gasteiger partial charge on any atom is -0.504 e. The van der Waals surface area contributed by atoms with Gasteiger partial charge in [-0.15, -0.1) is 0 Å². The van der Waals surface area contributed by atoms with Gasteiger partial charge in [-0.05, 0) is 12.1 Å². The van der Waals surface area contributed by atoms with E-state index < -0.39 is 0 Å². The van der Waals surface area contributed by atoms with E-state index in [1.807, 2.05) is 0 Å². The van der Waals surface area contributed by atoms with Crippen molar-refractivity contribution in [3.8, 4) is 11.5 Å². The molecule has 92 valence electrons. The highest BCUT2D eigenvalue weighted by Crippen LogP contribution is 2.30. The molecule has 2 rings (SSSR count). The first-order valence-corrected chi connectivity index (χ1v) is 5.47. The van der Waals surface area contributed by atoms with Gasteiger partial charge in [0.25, 0.3) is 5.91 Å². The molecule has 1 N–H and O–H groups in total. The second-order valence-electron chi connectivity index (χ2n) is 3.76. The molecular weight excluding hydrogens is 222 g/mol. The maximum Gasteiger partial charge on any atom is 0.257 e. The molecule has 1 heterocycles. The molecule has 0 spiro atoms. The van der Waals surface area contributed by atoms with Crippen molar-refractivity contribution in [3.63, 3.8) is 0 Å². The van der Waals surface area contributed by atoms with Crippen LogP contribution < -0.4 is 4.74 Å². The number of carbonyl (C=O) groups is 1. The fourth-order valence-corrected chi connectivity index (χ4v) is 1.80. The molecule has 1 saturated heterocycles. The van der Waals surface area contributed by atoms with Gasteiger partial charge in [-0.25, -0.2) is 0 Å². The van der Waals surface area contributed by atoms with Crippen molar-refractivity contribution in [3.05, 3.63) is 23.8 Å². The Bertz CT molecular complexity index is 413. The molecule has 1 aliphatic rings. The lowest BCUT2D eigenvalue weighted by atomic mass is 10.1. The van der Waals surface area contributed by atoms with Gasteiger partial charge >= 0.3 is 0 Å². The Morgan fingerprint density at radius 3 is 2.76 bits per heavy atom. The van der Waals surface area contributed by atoms with Gasteiger partial charge in [0.15, 0.2) is 11.5 Å². The van der Waals surface area contributed by atoms with Gasteiger partial charge in [0, 0.05) is 13.1 Å². The zero-order chi connectivity index (χ0) is 12.3. The zero-order valence-electron chi connectivity index (χ0n) is 9.68. The van der Waals surface area contributed by atoms with E-state index in [1.54, 1.807) is 23.1 Å². The maximum absolute atomic E-state index is 12.1. The van der Waals surface area contributed by atoms with Gasteiger partial charge in [0.1, 0.15) is 0 Å². The molecule has 1 amide bonds. The van der Waals surface area contributed by atoms with E-state index in [4.69, 9.17) is 9.47 Å². The molecule has 1 fully saturated rings. The lowest BCUT2D eigenvalue weighted by Crippen LogP contribution is -2.40. The van der Waals surface area contributed by atoms with Crippen molar-refractivity contribution in [2.45, 2.75) is 0 Å². The van der Waals surface area contributed by atoms with Crippen molar-refractivity contribution in [2.75, 3.05) is 33.4 Å². The Morgan fingerprint density at radius 2 is 2.12 bits per heavy atom. The van der Waals surface area contributed by atoms with Crippen LogP contribution >= 0.6 is 0 Å². The average Bonchev–Trinajstić information content (AvgIpc) is 2.39. The van der Waals surface area contributed by atoms with Crippen LogP contribution in [0.5, 0.6) is 11.5 Å². The number of morpholine rings is 1. The van der Waals surface area contributed by atoms with Crippen LogP contribution in [0.4, 0.5) is 0 Å². The quantitative estimate of drug-likeness (QED) is 0.829. The van der Waals surface area contributed by atoms with Crippen molar-refractivity contribution in [2.24, 2.45) is 0 Å². The van der Waals surface area contributed by atoms with E-state index >= 15 is 0 Å². The first-order chi connectivity index (χ1) is 8.24. The third kappa shape index (κ3) is 2.34. The van der Waals surface area contributed by atoms with Crippen molar-refractivity contribution < 1.29 is 19.4 Å². The van der Waals surface area contributed by atoms with Gasteiger partial charge in [-0.2, -0.15) is 0 Å². The molecule has 17 heavy (non-hydrogen) atoms. The topological polar surface area (TPSA) is 59.0 Å². The van der Waals surface area contributed by atoms with Crippen LogP contribution in [0.15, 0.2) is 18.2 Å². The third-order valence-electron chi connectivity index (χ3n) is 2.75. The Morgan fingerprint density at radius 1 is 1.41 bits per heavy atom. The molecular formula is C12H15NO4. The fourth-order valence-electron chi connectivity index (χ4n) is 1.80. The smallest absolute Gasteiger partial charge is 0.257 e. The largest absolute Gasteiger partial charge is 0.504 e. The second-order valence-corrected chi connectivity index (χ2v) is 3.76. The molecule has 1 aromatic carbocycles. The first-order valence-electron chi connectivity index (χ1n) is 5.47. The van der Waals surface area contributed by atoms with E-state index in [-0.39, 0.29) is 17.2 Å². The van der Waals surface area contributed by atoms with Crippen LogP contribution in [-0.2, 0) is 4.74 Å². The number of amides is 1. The normalized spacial score (nSPS) is 15.7. The highest BCUT2D eigenvalue weighted by molar-refractivity contribution is 5.97. The molecule has 1 aliphatic heterocycles. The summed E-state index contributed by atoms with van der Waals surface area (Å²) in [5.74, 6) is 0.0142. The number of nitrogens with zero attached hydrogens (tertiary/aromatic N) is 1. The van der Waals surface area contributed by atoms with E-state index in [9.17, 15) is 9.90 Å². The van der Waals surface area contributed by atoms with Gasteiger partial charge in [0.2, 0.25) is 0 Å². The van der Waals surface area contributed by atoms with Crippen LogP contribution in [0, 0.1) is 0 Å². The number of para-hydroxylation sites is 1. The Kier molecular flexibility index (Phi) is 3.49. The van der Waals surface area contributed by atoms with Crippen molar-refractivity contribution in [1.29, 1.82) is 0 Å².